The Morgan fingerprint density at radius 2 is 1.82 bits per heavy atom. The fourth-order valence-electron chi connectivity index (χ4n) is 9.06. The van der Waals surface area contributed by atoms with Crippen LogP contribution in [0.5, 0.6) is 0 Å². The Morgan fingerprint density at radius 1 is 1.06 bits per heavy atom. The number of aliphatic hydroxyl groups is 4. The molecule has 0 aromatic carbocycles. The third-order valence-corrected chi connectivity index (χ3v) is 12.3. The Labute approximate surface area is 302 Å². The summed E-state index contributed by atoms with van der Waals surface area (Å²) in [5, 5.41) is 44.8. The van der Waals surface area contributed by atoms with Crippen LogP contribution in [0.25, 0.3) is 0 Å². The van der Waals surface area contributed by atoms with Gasteiger partial charge < -0.3 is 48.8 Å². The van der Waals surface area contributed by atoms with E-state index in [9.17, 15) is 25.2 Å². The molecule has 6 rings (SSSR count). The predicted molar refractivity (Wildman–Crippen MR) is 188 cm³/mol. The summed E-state index contributed by atoms with van der Waals surface area (Å²) in [5.41, 5.74) is 0.0740. The van der Waals surface area contributed by atoms with E-state index in [0.29, 0.717) is 55.1 Å². The fraction of sp³-hybridized carbons (Fsp3) is 0.775. The average molecular weight is 717 g/mol. The smallest absolute Gasteiger partial charge is 0.316 e. The van der Waals surface area contributed by atoms with Gasteiger partial charge in [-0.15, -0.1) is 0 Å². The van der Waals surface area contributed by atoms with Crippen LogP contribution < -0.4 is 0 Å². The minimum Gasteiger partial charge on any atom is -0.462 e. The maximum Gasteiger partial charge on any atom is 0.316 e. The summed E-state index contributed by atoms with van der Waals surface area (Å²) in [4.78, 5) is 14.2. The Hall–Kier alpha value is -1.93. The first-order valence-electron chi connectivity index (χ1n) is 19.1. The fourth-order valence-corrected chi connectivity index (χ4v) is 9.06. The number of esters is 1. The van der Waals surface area contributed by atoms with Crippen molar-refractivity contribution in [1.82, 2.24) is 0 Å². The van der Waals surface area contributed by atoms with E-state index < -0.39 is 66.2 Å². The van der Waals surface area contributed by atoms with Gasteiger partial charge in [-0.25, -0.2) is 0 Å². The number of hydrogen-bond acceptors (Lipinski definition) is 11. The quantitative estimate of drug-likeness (QED) is 0.242. The number of hydrogen-bond donors (Lipinski definition) is 4. The number of rotatable bonds is 4. The molecule has 0 aromatic rings. The second-order valence-electron chi connectivity index (χ2n) is 16.3. The van der Waals surface area contributed by atoms with E-state index in [0.717, 1.165) is 18.4 Å². The van der Waals surface area contributed by atoms with Crippen molar-refractivity contribution in [3.63, 3.8) is 0 Å². The summed E-state index contributed by atoms with van der Waals surface area (Å²) < 4.78 is 38.5. The molecule has 5 heterocycles. The van der Waals surface area contributed by atoms with Crippen molar-refractivity contribution < 1.29 is 53.6 Å². The lowest BCUT2D eigenvalue weighted by atomic mass is 9.71. The van der Waals surface area contributed by atoms with Crippen LogP contribution in [0, 0.1) is 23.7 Å². The summed E-state index contributed by atoms with van der Waals surface area (Å²) in [6, 6.07) is 0. The van der Waals surface area contributed by atoms with E-state index in [2.05, 4.69) is 26.8 Å². The summed E-state index contributed by atoms with van der Waals surface area (Å²) >= 11 is 0. The van der Waals surface area contributed by atoms with Crippen molar-refractivity contribution >= 4 is 5.97 Å². The third-order valence-electron chi connectivity index (χ3n) is 12.3. The van der Waals surface area contributed by atoms with Gasteiger partial charge in [-0.1, -0.05) is 64.5 Å². The van der Waals surface area contributed by atoms with Crippen LogP contribution in [-0.4, -0.2) is 106 Å². The Morgan fingerprint density at radius 3 is 2.57 bits per heavy atom. The molecule has 16 atom stereocenters. The van der Waals surface area contributed by atoms with Crippen molar-refractivity contribution in [2.24, 2.45) is 23.7 Å². The number of ether oxygens (including phenoxy) is 6. The SMILES string of the molecule is CC[C@H](C)[C@H]1O[C@]2(CC[C@@H]1C)C[C@@H]1C[C@@H](C/C=C(\C)[C@@H](O[C@@H]3O[C@H](C)C[C@H](O)[C@H]3O)[C@@H](C)/C=C/C=C3\CO[C@@H]4[C@H](O)C(C)=C[C@@H](C(=O)O1)[C@]34O)O2. The van der Waals surface area contributed by atoms with Crippen molar-refractivity contribution in [2.45, 2.75) is 166 Å². The molecule has 11 heteroatoms. The lowest BCUT2D eigenvalue weighted by Gasteiger charge is -2.51. The van der Waals surface area contributed by atoms with Crippen LogP contribution in [0.3, 0.4) is 0 Å². The van der Waals surface area contributed by atoms with E-state index in [4.69, 9.17) is 28.4 Å². The highest BCUT2D eigenvalue weighted by molar-refractivity contribution is 5.78. The summed E-state index contributed by atoms with van der Waals surface area (Å²) in [6.45, 7) is 14.2. The first-order chi connectivity index (χ1) is 24.2. The van der Waals surface area contributed by atoms with Gasteiger partial charge in [0, 0.05) is 31.6 Å². The first-order valence-corrected chi connectivity index (χ1v) is 19.1. The van der Waals surface area contributed by atoms with Crippen LogP contribution in [0.2, 0.25) is 0 Å². The number of carbonyl (C=O) groups excluding carboxylic acids is 1. The highest BCUT2D eigenvalue weighted by Gasteiger charge is 2.60. The Kier molecular flexibility index (Phi) is 11.7. The second kappa shape index (κ2) is 15.4. The Bertz CT molecular complexity index is 1390. The van der Waals surface area contributed by atoms with Crippen LogP contribution in [-0.2, 0) is 33.2 Å². The highest BCUT2D eigenvalue weighted by atomic mass is 16.7. The average Bonchev–Trinajstić information content (AvgIpc) is 3.43. The molecule has 4 saturated heterocycles. The molecular weight excluding hydrogens is 656 g/mol. The molecule has 1 aliphatic carbocycles. The number of allylic oxidation sites excluding steroid dienone is 2. The van der Waals surface area contributed by atoms with Gasteiger partial charge in [0.25, 0.3) is 0 Å². The topological polar surface area (TPSA) is 153 Å². The second-order valence-corrected chi connectivity index (χ2v) is 16.3. The summed E-state index contributed by atoms with van der Waals surface area (Å²) in [7, 11) is 0. The van der Waals surface area contributed by atoms with Gasteiger partial charge in [0.2, 0.25) is 0 Å². The molecule has 0 aromatic heterocycles. The van der Waals surface area contributed by atoms with Crippen molar-refractivity contribution in [3.8, 4) is 0 Å². The van der Waals surface area contributed by atoms with Gasteiger partial charge in [0.05, 0.1) is 37.1 Å². The standard InChI is InChI=1S/C40H60O11/c1-8-21(2)35-24(5)14-15-39(51-35)19-29-18-28(50-39)13-12-23(4)34(49-38-33(43)31(41)17-26(7)47-38)22(3)10-9-11-27-20-46-36-32(42)25(6)16-30(37(44)48-29)40(27,36)45/h9-12,16,21-22,24,26,28-36,38,41-43,45H,8,13-15,17-20H2,1-7H3/b10-9+,23-12+,27-11+/t21-,22-,24-,26+,28+,29-,30-,31-,32+,33+,34-,35+,36+,38-,39+,40+/m0/s1. The molecule has 0 amide bonds. The zero-order valence-electron chi connectivity index (χ0n) is 31.3. The number of fused-ring (bicyclic) bond motifs is 2. The molecule has 1 spiro atoms. The zero-order chi connectivity index (χ0) is 36.8. The van der Waals surface area contributed by atoms with E-state index in [-0.39, 0.29) is 30.8 Å². The molecule has 0 radical (unpaired) electrons. The normalized spacial score (nSPS) is 49.8. The third kappa shape index (κ3) is 7.71. The van der Waals surface area contributed by atoms with Crippen LogP contribution in [0.15, 0.2) is 47.1 Å². The lowest BCUT2D eigenvalue weighted by molar-refractivity contribution is -0.340. The van der Waals surface area contributed by atoms with E-state index in [1.807, 2.05) is 26.8 Å². The number of aliphatic hydroxyl groups excluding tert-OH is 3. The van der Waals surface area contributed by atoms with Gasteiger partial charge in [0.1, 0.15) is 35.9 Å². The molecular formula is C40H60O11. The Balaban J connectivity index is 1.39. The summed E-state index contributed by atoms with van der Waals surface area (Å²) in [6.07, 6.45) is 6.26. The maximum absolute atomic E-state index is 14.2. The van der Waals surface area contributed by atoms with Crippen LogP contribution >= 0.6 is 0 Å². The molecule has 286 valence electrons. The summed E-state index contributed by atoms with van der Waals surface area (Å²) in [5.74, 6) is -2.16. The van der Waals surface area contributed by atoms with Gasteiger partial charge in [0.15, 0.2) is 12.1 Å². The van der Waals surface area contributed by atoms with Crippen molar-refractivity contribution in [3.05, 3.63) is 47.1 Å². The molecule has 0 unspecified atom stereocenters. The first kappa shape index (κ1) is 38.8. The molecule has 11 nitrogen and oxygen atoms in total. The minimum absolute atomic E-state index is 0.00529. The zero-order valence-corrected chi connectivity index (χ0v) is 31.3. The monoisotopic (exact) mass is 716 g/mol. The molecule has 51 heavy (non-hydrogen) atoms. The highest BCUT2D eigenvalue weighted by Crippen LogP contribution is 2.48. The molecule has 4 fully saturated rings. The van der Waals surface area contributed by atoms with Crippen LogP contribution in [0.1, 0.15) is 93.4 Å². The largest absolute Gasteiger partial charge is 0.462 e. The molecule has 4 N–H and O–H groups in total. The maximum atomic E-state index is 14.2. The molecule has 6 aliphatic rings. The van der Waals surface area contributed by atoms with Gasteiger partial charge >= 0.3 is 5.97 Å². The van der Waals surface area contributed by atoms with E-state index >= 15 is 0 Å². The van der Waals surface area contributed by atoms with E-state index in [1.54, 1.807) is 25.2 Å². The molecule has 2 bridgehead atoms. The van der Waals surface area contributed by atoms with Crippen LogP contribution in [0.4, 0.5) is 0 Å². The van der Waals surface area contributed by atoms with E-state index in [1.165, 1.54) is 0 Å². The van der Waals surface area contributed by atoms with Gasteiger partial charge in [-0.05, 0) is 62.2 Å². The predicted octanol–water partition coefficient (Wildman–Crippen LogP) is 4.41. The molecule has 0 saturated carbocycles. The molecule has 5 aliphatic heterocycles. The number of carbonyl (C=O) groups is 1. The van der Waals surface area contributed by atoms with Gasteiger partial charge in [-0.3, -0.25) is 4.79 Å². The lowest BCUT2D eigenvalue weighted by Crippen LogP contribution is -2.58. The minimum atomic E-state index is -1.82. The van der Waals surface area contributed by atoms with Gasteiger partial charge in [-0.2, -0.15) is 0 Å². The van der Waals surface area contributed by atoms with Crippen molar-refractivity contribution in [1.29, 1.82) is 0 Å². The van der Waals surface area contributed by atoms with Crippen molar-refractivity contribution in [2.75, 3.05) is 6.61 Å².